The molecule has 20 nitrogen and oxygen atoms in total. The van der Waals surface area contributed by atoms with Gasteiger partial charge in [0.05, 0.1) is 24.2 Å². The predicted octanol–water partition coefficient (Wildman–Crippen LogP) is 6.67. The van der Waals surface area contributed by atoms with Gasteiger partial charge in [0.2, 0.25) is 18.9 Å². The van der Waals surface area contributed by atoms with E-state index in [0.717, 1.165) is 38.8 Å². The standard InChI is InChI=1S/C54H67NO19/c1-26(2)15-14-20-52(12)21-19-34-42(72-52)33(17-16-27(3)4)44-39(43(34)71-50-47(69-32(9)59)46(68-31(8)58)45(67-30(7)57)37(70-50)25-66-29(6)56)41(60)40-36(24-55(63)64)35-23-38-51(10,11)74-53(48(35)61,54(38,40)73-44)22-18-28(5)49(62)65-13/h15-16,18-19,21,35-38,40,45-47,50H,14,17,20,22-25H2,1-13H3/b28-18-/t35?,36?,37-,38?,40?,45-,46-,47-,50+,52?,53?,54?/m1/s1. The van der Waals surface area contributed by atoms with Gasteiger partial charge in [0.15, 0.2) is 35.0 Å². The average molecular weight is 1030 g/mol. The molecular weight excluding hydrogens is 967 g/mol. The van der Waals surface area contributed by atoms with Gasteiger partial charge in [0.1, 0.15) is 41.1 Å². The minimum absolute atomic E-state index is 0.0783. The lowest BCUT2D eigenvalue weighted by atomic mass is 9.43. The van der Waals surface area contributed by atoms with Crippen molar-refractivity contribution in [3.05, 3.63) is 67.8 Å². The van der Waals surface area contributed by atoms with Crippen molar-refractivity contribution < 1.29 is 85.9 Å². The molecule has 7 aliphatic rings. The highest BCUT2D eigenvalue weighted by Crippen LogP contribution is 2.72. The van der Waals surface area contributed by atoms with E-state index < -0.39 is 136 Å². The molecule has 3 saturated carbocycles. The average Bonchev–Trinajstić information content (AvgIpc) is 3.43. The first-order valence-electron chi connectivity index (χ1n) is 24.8. The molecule has 402 valence electrons. The molecule has 74 heavy (non-hydrogen) atoms. The molecule has 3 aliphatic carbocycles. The molecule has 4 aliphatic heterocycles. The van der Waals surface area contributed by atoms with Gasteiger partial charge in [-0.3, -0.25) is 38.9 Å². The minimum atomic E-state index is -1.98. The number of allylic oxidation sites excluding steroid dienone is 4. The lowest BCUT2D eigenvalue weighted by molar-refractivity contribution is -0.494. The Morgan fingerprint density at radius 3 is 2.05 bits per heavy atom. The molecule has 20 heteroatoms. The Hall–Kier alpha value is -6.41. The van der Waals surface area contributed by atoms with E-state index in [-0.39, 0.29) is 53.2 Å². The highest BCUT2D eigenvalue weighted by atomic mass is 16.7. The van der Waals surface area contributed by atoms with Crippen LogP contribution in [-0.4, -0.2) is 120 Å². The summed E-state index contributed by atoms with van der Waals surface area (Å²) < 4.78 is 62.5. The van der Waals surface area contributed by atoms with Crippen LogP contribution in [0.25, 0.3) is 6.08 Å². The fourth-order valence-corrected chi connectivity index (χ4v) is 12.0. The molecule has 8 rings (SSSR count). The van der Waals surface area contributed by atoms with Gasteiger partial charge < -0.3 is 47.4 Å². The molecule has 0 N–H and O–H groups in total. The first-order valence-corrected chi connectivity index (χ1v) is 24.8. The Kier molecular flexibility index (Phi) is 15.5. The van der Waals surface area contributed by atoms with Crippen molar-refractivity contribution >= 4 is 47.5 Å². The van der Waals surface area contributed by atoms with E-state index in [0.29, 0.717) is 18.4 Å². The van der Waals surface area contributed by atoms with Crippen molar-refractivity contribution in [2.24, 2.45) is 23.7 Å². The summed E-state index contributed by atoms with van der Waals surface area (Å²) in [5, 5.41) is 12.8. The van der Waals surface area contributed by atoms with E-state index >= 15 is 9.59 Å². The van der Waals surface area contributed by atoms with E-state index in [9.17, 15) is 34.1 Å². The van der Waals surface area contributed by atoms with Gasteiger partial charge in [-0.15, -0.1) is 0 Å². The number of fused-ring (bicyclic) bond motifs is 2. The third-order valence-electron chi connectivity index (χ3n) is 14.9. The monoisotopic (exact) mass is 1030 g/mol. The number of carbonyl (C=O) groups is 7. The van der Waals surface area contributed by atoms with Gasteiger partial charge >= 0.3 is 29.8 Å². The number of nitro groups is 1. The topological polar surface area (TPSA) is 255 Å². The summed E-state index contributed by atoms with van der Waals surface area (Å²) in [7, 11) is 1.22. The summed E-state index contributed by atoms with van der Waals surface area (Å²) in [6, 6.07) is 0. The summed E-state index contributed by atoms with van der Waals surface area (Å²) in [6.07, 6.45) is 1.73. The number of esters is 5. The Labute approximate surface area is 429 Å². The third kappa shape index (κ3) is 9.98. The number of hydrogen-bond donors (Lipinski definition) is 0. The molecule has 0 radical (unpaired) electrons. The SMILES string of the molecule is COC(=O)/C(C)=C\CC12OC(C)(C)C3CC(C1=O)C(C[N+](=O)[O-])C1C(=O)c4c(O[C@@H]5O[C@H](COC(C)=O)[C@@H](OC(C)=O)[C@@H](OC(C)=O)[C@H]5OC(C)=O)c5c(c(CC=C(C)C)c4OC132)OC(C)(CCC=C(C)C)C=C5. The van der Waals surface area contributed by atoms with Crippen molar-refractivity contribution in [1.29, 1.82) is 0 Å². The fourth-order valence-electron chi connectivity index (χ4n) is 12.0. The lowest BCUT2D eigenvalue weighted by Gasteiger charge is -2.62. The zero-order chi connectivity index (χ0) is 54.6. The molecule has 1 aromatic carbocycles. The Balaban J connectivity index is 1.57. The van der Waals surface area contributed by atoms with Crippen LogP contribution >= 0.6 is 0 Å². The number of methoxy groups -OCH3 is 1. The van der Waals surface area contributed by atoms with Gasteiger partial charge in [0.25, 0.3) is 0 Å². The van der Waals surface area contributed by atoms with Crippen LogP contribution in [0.3, 0.4) is 0 Å². The number of nitrogens with zero attached hydrogens (tertiary/aromatic N) is 1. The summed E-state index contributed by atoms with van der Waals surface area (Å²) in [6.45, 7) is 17.7. The first-order chi connectivity index (χ1) is 34.6. The van der Waals surface area contributed by atoms with E-state index in [1.165, 1.54) is 20.1 Å². The summed E-state index contributed by atoms with van der Waals surface area (Å²) in [5.41, 5.74) is -3.63. The number of benzene rings is 1. The molecule has 2 saturated heterocycles. The van der Waals surface area contributed by atoms with Gasteiger partial charge in [-0.25, -0.2) is 4.79 Å². The Morgan fingerprint density at radius 2 is 1.46 bits per heavy atom. The van der Waals surface area contributed by atoms with Crippen molar-refractivity contribution in [2.45, 2.75) is 168 Å². The molecule has 12 atom stereocenters. The molecular formula is C54H67NO19. The maximum absolute atomic E-state index is 16.5. The van der Waals surface area contributed by atoms with E-state index in [1.807, 2.05) is 40.7 Å². The number of carbonyl (C=O) groups excluding carboxylic acids is 7. The maximum atomic E-state index is 16.5. The second-order valence-corrected chi connectivity index (χ2v) is 21.3. The van der Waals surface area contributed by atoms with Crippen molar-refractivity contribution in [3.63, 3.8) is 0 Å². The molecule has 5 fully saturated rings. The summed E-state index contributed by atoms with van der Waals surface area (Å²) in [4.78, 5) is 108. The molecule has 4 heterocycles. The highest BCUT2D eigenvalue weighted by molar-refractivity contribution is 6.10. The molecule has 0 amide bonds. The van der Waals surface area contributed by atoms with E-state index in [1.54, 1.807) is 26.0 Å². The van der Waals surface area contributed by atoms with Crippen LogP contribution in [-0.2, 0) is 68.3 Å². The van der Waals surface area contributed by atoms with Crippen LogP contribution in [0.15, 0.2) is 41.0 Å². The van der Waals surface area contributed by atoms with Crippen LogP contribution < -0.4 is 14.2 Å². The predicted molar refractivity (Wildman–Crippen MR) is 260 cm³/mol. The zero-order valence-electron chi connectivity index (χ0n) is 44.2. The Morgan fingerprint density at radius 1 is 0.824 bits per heavy atom. The smallest absolute Gasteiger partial charge is 0.333 e. The van der Waals surface area contributed by atoms with Crippen molar-refractivity contribution in [1.82, 2.24) is 0 Å². The van der Waals surface area contributed by atoms with Crippen LogP contribution in [0.1, 0.15) is 130 Å². The highest BCUT2D eigenvalue weighted by Gasteiger charge is 2.86. The minimum Gasteiger partial charge on any atom is -0.482 e. The first kappa shape index (κ1) is 55.3. The number of Topliss-reactive ketones (excluding diaryl/α,β-unsaturated/α-hetero) is 2. The zero-order valence-corrected chi connectivity index (χ0v) is 44.2. The summed E-state index contributed by atoms with van der Waals surface area (Å²) >= 11 is 0. The third-order valence-corrected chi connectivity index (χ3v) is 14.9. The van der Waals surface area contributed by atoms with Crippen LogP contribution in [0.4, 0.5) is 0 Å². The molecule has 1 spiro atoms. The number of ether oxygens (including phenoxy) is 10. The summed E-state index contributed by atoms with van der Waals surface area (Å²) in [5.74, 6) is -9.91. The maximum Gasteiger partial charge on any atom is 0.333 e. The Bertz CT molecular complexity index is 2650. The van der Waals surface area contributed by atoms with Gasteiger partial charge in [-0.1, -0.05) is 29.4 Å². The molecule has 4 bridgehead atoms. The molecule has 7 unspecified atom stereocenters. The largest absolute Gasteiger partial charge is 0.482 e. The van der Waals surface area contributed by atoms with Crippen molar-refractivity contribution in [3.8, 4) is 17.2 Å². The second kappa shape index (κ2) is 20.7. The van der Waals surface area contributed by atoms with Crippen molar-refractivity contribution in [2.75, 3.05) is 20.3 Å². The van der Waals surface area contributed by atoms with Crippen LogP contribution in [0.5, 0.6) is 17.2 Å². The number of hydrogen-bond acceptors (Lipinski definition) is 19. The quantitative estimate of drug-likeness (QED) is 0.0394. The van der Waals surface area contributed by atoms with Gasteiger partial charge in [-0.2, -0.15) is 0 Å². The van der Waals surface area contributed by atoms with Gasteiger partial charge in [-0.05, 0) is 93.2 Å². The van der Waals surface area contributed by atoms with Crippen LogP contribution in [0, 0.1) is 33.8 Å². The molecule has 1 aromatic rings. The molecule has 0 aromatic heterocycles. The normalized spacial score (nSPS) is 31.7. The second-order valence-electron chi connectivity index (χ2n) is 21.3. The van der Waals surface area contributed by atoms with Crippen LogP contribution in [0.2, 0.25) is 0 Å². The van der Waals surface area contributed by atoms with E-state index in [4.69, 9.17) is 47.4 Å². The number of ketones is 2. The fraction of sp³-hybridized carbons (Fsp3) is 0.611. The number of rotatable bonds is 17. The lowest BCUT2D eigenvalue weighted by Crippen LogP contribution is -2.79. The van der Waals surface area contributed by atoms with Gasteiger partial charge in [0, 0.05) is 67.9 Å². The van der Waals surface area contributed by atoms with E-state index in [2.05, 4.69) is 6.08 Å².